The van der Waals surface area contributed by atoms with Crippen molar-refractivity contribution < 1.29 is 0 Å². The largest absolute Gasteiger partial charge is 0.369 e. The normalized spacial score (nSPS) is 10.4. The number of aryl methyl sites for hydroxylation is 1. The second-order valence-corrected chi connectivity index (χ2v) is 5.04. The van der Waals surface area contributed by atoms with Crippen molar-refractivity contribution in [1.82, 2.24) is 9.97 Å². The van der Waals surface area contributed by atoms with E-state index in [1.54, 1.807) is 11.3 Å². The van der Waals surface area contributed by atoms with Crippen LogP contribution < -0.4 is 5.32 Å². The molecule has 5 heteroatoms. The van der Waals surface area contributed by atoms with Gasteiger partial charge in [0.1, 0.15) is 5.82 Å². The van der Waals surface area contributed by atoms with Gasteiger partial charge in [-0.3, -0.25) is 0 Å². The molecule has 0 aromatic carbocycles. The summed E-state index contributed by atoms with van der Waals surface area (Å²) in [7, 11) is 0. The number of halogens is 1. The molecule has 0 bridgehead atoms. The van der Waals surface area contributed by atoms with Crippen LogP contribution in [0.2, 0.25) is 0 Å². The van der Waals surface area contributed by atoms with Crippen LogP contribution in [0.25, 0.3) is 10.7 Å². The van der Waals surface area contributed by atoms with E-state index in [0.717, 1.165) is 33.2 Å². The average Bonchev–Trinajstić information content (AvgIpc) is 2.78. The molecule has 0 radical (unpaired) electrons. The molecule has 2 rings (SSSR count). The Bertz CT molecular complexity index is 482. The Kier molecular flexibility index (Phi) is 3.56. The number of anilines is 1. The first kappa shape index (κ1) is 11.5. The molecule has 2 heterocycles. The van der Waals surface area contributed by atoms with Crippen LogP contribution in [0.1, 0.15) is 12.6 Å². The van der Waals surface area contributed by atoms with E-state index in [-0.39, 0.29) is 0 Å². The van der Waals surface area contributed by atoms with Crippen molar-refractivity contribution in [3.63, 3.8) is 0 Å². The number of hydrogen-bond donors (Lipinski definition) is 1. The molecule has 0 aliphatic heterocycles. The number of rotatable bonds is 3. The average molecular weight is 298 g/mol. The zero-order chi connectivity index (χ0) is 11.5. The lowest BCUT2D eigenvalue weighted by molar-refractivity contribution is 1.07. The Morgan fingerprint density at radius 3 is 2.88 bits per heavy atom. The number of thiophene rings is 1. The maximum Gasteiger partial charge on any atom is 0.171 e. The van der Waals surface area contributed by atoms with Crippen molar-refractivity contribution in [3.8, 4) is 10.7 Å². The minimum absolute atomic E-state index is 0.784. The molecular weight excluding hydrogens is 286 g/mol. The third kappa shape index (κ3) is 2.25. The molecule has 1 N–H and O–H groups in total. The summed E-state index contributed by atoms with van der Waals surface area (Å²) in [5.41, 5.74) is 0.953. The molecule has 2 aromatic rings. The summed E-state index contributed by atoms with van der Waals surface area (Å²) in [6.45, 7) is 4.87. The predicted molar refractivity (Wildman–Crippen MR) is 71.9 cm³/mol. The van der Waals surface area contributed by atoms with Crippen molar-refractivity contribution >= 4 is 33.1 Å². The number of nitrogens with zero attached hydrogens (tertiary/aromatic N) is 2. The van der Waals surface area contributed by atoms with E-state index in [4.69, 9.17) is 0 Å². The van der Waals surface area contributed by atoms with Gasteiger partial charge >= 0.3 is 0 Å². The van der Waals surface area contributed by atoms with E-state index < -0.39 is 0 Å². The monoisotopic (exact) mass is 297 g/mol. The second-order valence-electron chi connectivity index (χ2n) is 3.30. The molecule has 16 heavy (non-hydrogen) atoms. The lowest BCUT2D eigenvalue weighted by Crippen LogP contribution is -2.04. The van der Waals surface area contributed by atoms with Gasteiger partial charge in [-0.05, 0) is 41.2 Å². The van der Waals surface area contributed by atoms with Gasteiger partial charge in [-0.25, -0.2) is 9.97 Å². The number of nitrogens with one attached hydrogen (secondary N) is 1. The standard InChI is InChI=1S/C11H12BrN3S/c1-3-13-11-9(12)7(2)14-10(15-11)8-5-4-6-16-8/h4-6H,3H2,1-2H3,(H,13,14,15). The van der Waals surface area contributed by atoms with Crippen molar-refractivity contribution in [1.29, 1.82) is 0 Å². The van der Waals surface area contributed by atoms with Crippen LogP contribution in [0.15, 0.2) is 22.0 Å². The Balaban J connectivity index is 2.48. The molecule has 0 aliphatic rings. The maximum absolute atomic E-state index is 4.51. The molecule has 0 amide bonds. The van der Waals surface area contributed by atoms with Crippen molar-refractivity contribution in [2.75, 3.05) is 11.9 Å². The van der Waals surface area contributed by atoms with Crippen LogP contribution in [-0.4, -0.2) is 16.5 Å². The smallest absolute Gasteiger partial charge is 0.171 e. The molecule has 0 aliphatic carbocycles. The van der Waals surface area contributed by atoms with E-state index in [1.807, 2.05) is 24.4 Å². The SMILES string of the molecule is CCNc1nc(-c2cccs2)nc(C)c1Br. The quantitative estimate of drug-likeness (QED) is 0.938. The molecule has 3 nitrogen and oxygen atoms in total. The van der Waals surface area contributed by atoms with Gasteiger partial charge in [0.2, 0.25) is 0 Å². The van der Waals surface area contributed by atoms with Crippen LogP contribution in [-0.2, 0) is 0 Å². The minimum Gasteiger partial charge on any atom is -0.369 e. The van der Waals surface area contributed by atoms with E-state index in [0.29, 0.717) is 0 Å². The third-order valence-corrected chi connectivity index (χ3v) is 3.92. The van der Waals surface area contributed by atoms with Crippen LogP contribution in [0.4, 0.5) is 5.82 Å². The zero-order valence-corrected chi connectivity index (χ0v) is 11.5. The summed E-state index contributed by atoms with van der Waals surface area (Å²) in [5, 5.41) is 5.26. The highest BCUT2D eigenvalue weighted by molar-refractivity contribution is 9.10. The van der Waals surface area contributed by atoms with Crippen molar-refractivity contribution in [2.24, 2.45) is 0 Å². The molecular formula is C11H12BrN3S. The van der Waals surface area contributed by atoms with Gasteiger partial charge in [0, 0.05) is 6.54 Å². The van der Waals surface area contributed by atoms with E-state index >= 15 is 0 Å². The third-order valence-electron chi connectivity index (χ3n) is 2.10. The highest BCUT2D eigenvalue weighted by atomic mass is 79.9. The van der Waals surface area contributed by atoms with Crippen molar-refractivity contribution in [3.05, 3.63) is 27.7 Å². The minimum atomic E-state index is 0.784. The molecule has 0 unspecified atom stereocenters. The molecule has 0 saturated carbocycles. The fourth-order valence-corrected chi connectivity index (χ4v) is 2.33. The van der Waals surface area contributed by atoms with E-state index in [1.165, 1.54) is 0 Å². The Morgan fingerprint density at radius 2 is 2.25 bits per heavy atom. The van der Waals surface area contributed by atoms with Gasteiger partial charge in [0.15, 0.2) is 5.82 Å². The molecule has 0 atom stereocenters. The molecule has 0 fully saturated rings. The summed E-state index contributed by atoms with van der Waals surface area (Å²) in [6, 6.07) is 4.04. The van der Waals surface area contributed by atoms with Crippen LogP contribution in [0, 0.1) is 6.92 Å². The fraction of sp³-hybridized carbons (Fsp3) is 0.273. The molecule has 0 spiro atoms. The lowest BCUT2D eigenvalue weighted by atomic mass is 10.3. The first-order valence-electron chi connectivity index (χ1n) is 5.04. The summed E-state index contributed by atoms with van der Waals surface area (Å²) in [4.78, 5) is 10.1. The topological polar surface area (TPSA) is 37.8 Å². The van der Waals surface area contributed by atoms with Crippen LogP contribution in [0.3, 0.4) is 0 Å². The lowest BCUT2D eigenvalue weighted by Gasteiger charge is -2.08. The predicted octanol–water partition coefficient (Wildman–Crippen LogP) is 3.71. The Hall–Kier alpha value is -0.940. The first-order chi connectivity index (χ1) is 7.72. The van der Waals surface area contributed by atoms with E-state index in [2.05, 4.69) is 38.1 Å². The zero-order valence-electron chi connectivity index (χ0n) is 9.12. The summed E-state index contributed by atoms with van der Waals surface area (Å²) in [5.74, 6) is 1.64. The highest BCUT2D eigenvalue weighted by Gasteiger charge is 2.10. The van der Waals surface area contributed by atoms with Crippen molar-refractivity contribution in [2.45, 2.75) is 13.8 Å². The number of aromatic nitrogens is 2. The molecule has 84 valence electrons. The molecule has 2 aromatic heterocycles. The Morgan fingerprint density at radius 1 is 1.44 bits per heavy atom. The number of hydrogen-bond acceptors (Lipinski definition) is 4. The molecule has 0 saturated heterocycles. The first-order valence-corrected chi connectivity index (χ1v) is 6.71. The van der Waals surface area contributed by atoms with Gasteiger partial charge in [0.05, 0.1) is 15.0 Å². The summed E-state index contributed by atoms with van der Waals surface area (Å²) in [6.07, 6.45) is 0. The van der Waals surface area contributed by atoms with Gasteiger partial charge in [0.25, 0.3) is 0 Å². The van der Waals surface area contributed by atoms with Crippen LogP contribution >= 0.6 is 27.3 Å². The van der Waals surface area contributed by atoms with Gasteiger partial charge in [-0.2, -0.15) is 0 Å². The van der Waals surface area contributed by atoms with Gasteiger partial charge in [-0.15, -0.1) is 11.3 Å². The second kappa shape index (κ2) is 4.93. The summed E-state index contributed by atoms with van der Waals surface area (Å²) >= 11 is 5.14. The summed E-state index contributed by atoms with van der Waals surface area (Å²) < 4.78 is 0.939. The van der Waals surface area contributed by atoms with Gasteiger partial charge < -0.3 is 5.32 Å². The Labute approximate surface area is 107 Å². The maximum atomic E-state index is 4.51. The van der Waals surface area contributed by atoms with Gasteiger partial charge in [-0.1, -0.05) is 6.07 Å². The highest BCUT2D eigenvalue weighted by Crippen LogP contribution is 2.28. The van der Waals surface area contributed by atoms with Crippen LogP contribution in [0.5, 0.6) is 0 Å². The fourth-order valence-electron chi connectivity index (χ4n) is 1.36. The van der Waals surface area contributed by atoms with E-state index in [9.17, 15) is 0 Å².